The van der Waals surface area contributed by atoms with Crippen LogP contribution in [0.5, 0.6) is 0 Å². The molecule has 0 N–H and O–H groups in total. The summed E-state index contributed by atoms with van der Waals surface area (Å²) in [5, 5.41) is 10.6. The standard InChI is InChI=1S/C21H19ClN4O3S/c1-12(2)26(11-17-24-25-19(29-17)14-7-4-5-8-15(14)22)21(27)18-13(3)28-20(23-18)16-9-6-10-30-16/h4-10,12H,11H2,1-3H3. The molecule has 0 atom stereocenters. The summed E-state index contributed by atoms with van der Waals surface area (Å²) in [6.07, 6.45) is 0. The number of aromatic nitrogens is 3. The van der Waals surface area contributed by atoms with Gasteiger partial charge in [-0.05, 0) is 44.4 Å². The second-order valence-corrected chi connectivity index (χ2v) is 8.26. The van der Waals surface area contributed by atoms with E-state index in [2.05, 4.69) is 15.2 Å². The van der Waals surface area contributed by atoms with E-state index in [0.29, 0.717) is 34.0 Å². The molecular formula is C21H19ClN4O3S. The predicted molar refractivity (Wildman–Crippen MR) is 114 cm³/mol. The largest absolute Gasteiger partial charge is 0.440 e. The molecule has 0 aliphatic carbocycles. The van der Waals surface area contributed by atoms with Crippen molar-refractivity contribution >= 4 is 28.8 Å². The minimum Gasteiger partial charge on any atom is -0.440 e. The Hall–Kier alpha value is -2.97. The highest BCUT2D eigenvalue weighted by Gasteiger charge is 2.27. The first-order valence-corrected chi connectivity index (χ1v) is 10.6. The van der Waals surface area contributed by atoms with Gasteiger partial charge in [-0.15, -0.1) is 21.5 Å². The zero-order chi connectivity index (χ0) is 21.3. The van der Waals surface area contributed by atoms with Crippen LogP contribution in [-0.4, -0.2) is 32.0 Å². The topological polar surface area (TPSA) is 85.3 Å². The molecule has 1 aromatic carbocycles. The van der Waals surface area contributed by atoms with Crippen molar-refractivity contribution in [1.82, 2.24) is 20.1 Å². The summed E-state index contributed by atoms with van der Waals surface area (Å²) in [6.45, 7) is 5.71. The van der Waals surface area contributed by atoms with Crippen LogP contribution in [0.4, 0.5) is 0 Å². The van der Waals surface area contributed by atoms with Gasteiger partial charge in [0.25, 0.3) is 5.91 Å². The van der Waals surface area contributed by atoms with Crippen molar-refractivity contribution < 1.29 is 13.6 Å². The molecule has 0 saturated carbocycles. The van der Waals surface area contributed by atoms with E-state index in [0.717, 1.165) is 4.88 Å². The van der Waals surface area contributed by atoms with Crippen molar-refractivity contribution in [2.45, 2.75) is 33.4 Å². The number of halogens is 1. The molecule has 30 heavy (non-hydrogen) atoms. The van der Waals surface area contributed by atoms with Crippen LogP contribution in [0.25, 0.3) is 22.2 Å². The average molecular weight is 443 g/mol. The number of hydrogen-bond acceptors (Lipinski definition) is 7. The third kappa shape index (κ3) is 4.01. The molecule has 7 nitrogen and oxygen atoms in total. The first-order chi connectivity index (χ1) is 14.4. The Labute approximate surface area is 182 Å². The fraction of sp³-hybridized carbons (Fsp3) is 0.238. The number of oxazole rings is 1. The lowest BCUT2D eigenvalue weighted by atomic mass is 10.2. The Bertz CT molecular complexity index is 1170. The highest BCUT2D eigenvalue weighted by atomic mass is 35.5. The van der Waals surface area contributed by atoms with Crippen LogP contribution in [0.2, 0.25) is 5.02 Å². The van der Waals surface area contributed by atoms with Crippen molar-refractivity contribution in [3.8, 4) is 22.2 Å². The lowest BCUT2D eigenvalue weighted by molar-refractivity contribution is 0.0665. The smallest absolute Gasteiger partial charge is 0.276 e. The Balaban J connectivity index is 1.58. The van der Waals surface area contributed by atoms with Crippen LogP contribution in [-0.2, 0) is 6.54 Å². The minimum atomic E-state index is -0.258. The number of aryl methyl sites for hydroxylation is 1. The van der Waals surface area contributed by atoms with Crippen LogP contribution >= 0.6 is 22.9 Å². The van der Waals surface area contributed by atoms with Gasteiger partial charge in [0, 0.05) is 6.04 Å². The molecule has 9 heteroatoms. The van der Waals surface area contributed by atoms with Crippen molar-refractivity contribution in [3.05, 3.63) is 64.1 Å². The van der Waals surface area contributed by atoms with Gasteiger partial charge in [-0.3, -0.25) is 4.79 Å². The molecule has 4 aromatic rings. The summed E-state index contributed by atoms with van der Waals surface area (Å²) in [5.74, 6) is 1.27. The van der Waals surface area contributed by atoms with Crippen LogP contribution in [0.15, 0.2) is 50.6 Å². The summed E-state index contributed by atoms with van der Waals surface area (Å²) < 4.78 is 11.5. The highest BCUT2D eigenvalue weighted by Crippen LogP contribution is 2.28. The molecular weight excluding hydrogens is 424 g/mol. The van der Waals surface area contributed by atoms with Gasteiger partial charge in [0.05, 0.1) is 22.0 Å². The second-order valence-electron chi connectivity index (χ2n) is 6.91. The number of rotatable bonds is 6. The number of carbonyl (C=O) groups excluding carboxylic acids is 1. The molecule has 0 aliphatic heterocycles. The lowest BCUT2D eigenvalue weighted by Crippen LogP contribution is -2.37. The summed E-state index contributed by atoms with van der Waals surface area (Å²) in [4.78, 5) is 20.1. The number of thiophene rings is 1. The Morgan fingerprint density at radius 2 is 1.93 bits per heavy atom. The average Bonchev–Trinajstić information content (AvgIpc) is 3.46. The third-order valence-electron chi connectivity index (χ3n) is 4.49. The van der Waals surface area contributed by atoms with Crippen molar-refractivity contribution in [2.24, 2.45) is 0 Å². The van der Waals surface area contributed by atoms with Crippen LogP contribution in [0.1, 0.15) is 36.0 Å². The minimum absolute atomic E-state index is 0.116. The molecule has 0 bridgehead atoms. The van der Waals surface area contributed by atoms with Crippen molar-refractivity contribution in [2.75, 3.05) is 0 Å². The number of amides is 1. The fourth-order valence-electron chi connectivity index (χ4n) is 2.93. The van der Waals surface area contributed by atoms with Gasteiger partial charge in [0.2, 0.25) is 17.7 Å². The van der Waals surface area contributed by atoms with Gasteiger partial charge in [0.1, 0.15) is 5.76 Å². The van der Waals surface area contributed by atoms with Crippen LogP contribution in [0.3, 0.4) is 0 Å². The molecule has 0 fully saturated rings. The van der Waals surface area contributed by atoms with Crippen molar-refractivity contribution in [1.29, 1.82) is 0 Å². The van der Waals surface area contributed by atoms with Gasteiger partial charge in [0.15, 0.2) is 5.69 Å². The molecule has 0 aliphatic rings. The normalized spacial score (nSPS) is 11.2. The lowest BCUT2D eigenvalue weighted by Gasteiger charge is -2.24. The number of benzene rings is 1. The van der Waals surface area contributed by atoms with E-state index in [1.807, 2.05) is 43.5 Å². The van der Waals surface area contributed by atoms with E-state index >= 15 is 0 Å². The molecule has 0 spiro atoms. The molecule has 3 aromatic heterocycles. The van der Waals surface area contributed by atoms with E-state index in [9.17, 15) is 4.79 Å². The Kier molecular flexibility index (Phi) is 5.69. The number of hydrogen-bond donors (Lipinski definition) is 0. The molecule has 1 amide bonds. The molecule has 154 valence electrons. The maximum Gasteiger partial charge on any atom is 0.276 e. The third-order valence-corrected chi connectivity index (χ3v) is 5.68. The first kappa shape index (κ1) is 20.3. The monoisotopic (exact) mass is 442 g/mol. The van der Waals surface area contributed by atoms with E-state index in [-0.39, 0.29) is 24.2 Å². The molecule has 3 heterocycles. The van der Waals surface area contributed by atoms with E-state index < -0.39 is 0 Å². The number of carbonyl (C=O) groups is 1. The molecule has 0 unspecified atom stereocenters. The number of nitrogens with zero attached hydrogens (tertiary/aromatic N) is 4. The highest BCUT2D eigenvalue weighted by molar-refractivity contribution is 7.13. The first-order valence-electron chi connectivity index (χ1n) is 9.33. The summed E-state index contributed by atoms with van der Waals surface area (Å²) in [5.41, 5.74) is 0.922. The molecule has 4 rings (SSSR count). The maximum atomic E-state index is 13.2. The quantitative estimate of drug-likeness (QED) is 0.393. The summed E-state index contributed by atoms with van der Waals surface area (Å²) in [6, 6.07) is 10.9. The molecule has 0 saturated heterocycles. The predicted octanol–water partition coefficient (Wildman–Crippen LogP) is 5.47. The van der Waals surface area contributed by atoms with Crippen LogP contribution in [0, 0.1) is 6.92 Å². The summed E-state index contributed by atoms with van der Waals surface area (Å²) in [7, 11) is 0. The van der Waals surface area contributed by atoms with Gasteiger partial charge < -0.3 is 13.7 Å². The van der Waals surface area contributed by atoms with Gasteiger partial charge in [-0.2, -0.15) is 0 Å². The van der Waals surface area contributed by atoms with Gasteiger partial charge in [-0.1, -0.05) is 29.8 Å². The zero-order valence-electron chi connectivity index (χ0n) is 16.6. The van der Waals surface area contributed by atoms with Gasteiger partial charge in [-0.25, -0.2) is 4.98 Å². The van der Waals surface area contributed by atoms with E-state index in [4.69, 9.17) is 20.4 Å². The maximum absolute atomic E-state index is 13.2. The van der Waals surface area contributed by atoms with E-state index in [1.54, 1.807) is 24.0 Å². The van der Waals surface area contributed by atoms with Gasteiger partial charge >= 0.3 is 0 Å². The zero-order valence-corrected chi connectivity index (χ0v) is 18.2. The van der Waals surface area contributed by atoms with E-state index in [1.165, 1.54) is 11.3 Å². The Morgan fingerprint density at radius 3 is 2.63 bits per heavy atom. The molecule has 0 radical (unpaired) electrons. The Morgan fingerprint density at radius 1 is 1.13 bits per heavy atom. The fourth-order valence-corrected chi connectivity index (χ4v) is 3.80. The second kappa shape index (κ2) is 8.41. The SMILES string of the molecule is Cc1oc(-c2cccs2)nc1C(=O)N(Cc1nnc(-c2ccccc2Cl)o1)C(C)C. The van der Waals surface area contributed by atoms with Crippen molar-refractivity contribution in [3.63, 3.8) is 0 Å². The summed E-state index contributed by atoms with van der Waals surface area (Å²) >= 11 is 7.71. The van der Waals surface area contributed by atoms with Crippen LogP contribution < -0.4 is 0 Å².